The SMILES string of the molecule is CN(C)CCn1c(=O)[nH]c2ccc(Cn3nc(-c4cc(F)cc(F)c4)ccc3=O)cc21.Cl. The van der Waals surface area contributed by atoms with Crippen LogP contribution in [0.2, 0.25) is 0 Å². The van der Waals surface area contributed by atoms with Crippen molar-refractivity contribution in [3.63, 3.8) is 0 Å². The van der Waals surface area contributed by atoms with Gasteiger partial charge in [0.2, 0.25) is 0 Å². The molecule has 0 amide bonds. The molecule has 0 saturated carbocycles. The lowest BCUT2D eigenvalue weighted by molar-refractivity contribution is 0.384. The van der Waals surface area contributed by atoms with Gasteiger partial charge in [0.25, 0.3) is 5.56 Å². The van der Waals surface area contributed by atoms with E-state index in [1.807, 2.05) is 25.1 Å². The molecule has 0 atom stereocenters. The number of aromatic amines is 1. The van der Waals surface area contributed by atoms with Crippen LogP contribution in [-0.4, -0.2) is 44.9 Å². The van der Waals surface area contributed by atoms with Gasteiger partial charge in [-0.2, -0.15) is 5.10 Å². The van der Waals surface area contributed by atoms with Crippen LogP contribution in [0, 0.1) is 11.6 Å². The Kier molecular flexibility index (Phi) is 6.90. The van der Waals surface area contributed by atoms with Gasteiger partial charge in [-0.25, -0.2) is 18.3 Å². The first kappa shape index (κ1) is 23.4. The lowest BCUT2D eigenvalue weighted by Gasteiger charge is -2.11. The summed E-state index contributed by atoms with van der Waals surface area (Å²) in [5.41, 5.74) is 2.19. The minimum absolute atomic E-state index is 0. The van der Waals surface area contributed by atoms with E-state index in [1.165, 1.54) is 16.8 Å². The van der Waals surface area contributed by atoms with Crippen LogP contribution in [0.4, 0.5) is 8.78 Å². The molecule has 0 aliphatic heterocycles. The first-order chi connectivity index (χ1) is 14.8. The summed E-state index contributed by atoms with van der Waals surface area (Å²) >= 11 is 0. The molecule has 4 rings (SSSR count). The highest BCUT2D eigenvalue weighted by atomic mass is 35.5. The molecule has 4 aromatic rings. The van der Waals surface area contributed by atoms with Gasteiger partial charge in [-0.3, -0.25) is 9.36 Å². The highest BCUT2D eigenvalue weighted by Crippen LogP contribution is 2.19. The average Bonchev–Trinajstić information content (AvgIpc) is 3.01. The van der Waals surface area contributed by atoms with Crippen molar-refractivity contribution in [3.05, 3.63) is 86.6 Å². The van der Waals surface area contributed by atoms with E-state index in [9.17, 15) is 18.4 Å². The van der Waals surface area contributed by atoms with Crippen LogP contribution < -0.4 is 11.2 Å². The summed E-state index contributed by atoms with van der Waals surface area (Å²) in [7, 11) is 3.86. The smallest absolute Gasteiger partial charge is 0.308 e. The third-order valence-electron chi connectivity index (χ3n) is 4.97. The Bertz CT molecular complexity index is 1360. The van der Waals surface area contributed by atoms with Gasteiger partial charge < -0.3 is 9.88 Å². The minimum atomic E-state index is -0.719. The molecular formula is C22H22ClF2N5O2. The van der Waals surface area contributed by atoms with Crippen LogP contribution in [0.15, 0.2) is 58.1 Å². The molecule has 0 aliphatic rings. The van der Waals surface area contributed by atoms with Gasteiger partial charge in [0, 0.05) is 30.8 Å². The van der Waals surface area contributed by atoms with Crippen LogP contribution in [0.1, 0.15) is 5.56 Å². The second kappa shape index (κ2) is 9.46. The van der Waals surface area contributed by atoms with Crippen molar-refractivity contribution < 1.29 is 8.78 Å². The van der Waals surface area contributed by atoms with E-state index in [-0.39, 0.29) is 41.5 Å². The molecular weight excluding hydrogens is 440 g/mol. The number of imidazole rings is 1. The molecule has 2 aromatic carbocycles. The molecule has 7 nitrogen and oxygen atoms in total. The zero-order chi connectivity index (χ0) is 22.1. The van der Waals surface area contributed by atoms with Gasteiger partial charge >= 0.3 is 5.69 Å². The van der Waals surface area contributed by atoms with Crippen molar-refractivity contribution in [1.29, 1.82) is 0 Å². The lowest BCUT2D eigenvalue weighted by Crippen LogP contribution is -2.25. The standard InChI is InChI=1S/C22H21F2N5O2.ClH/c1-27(2)7-8-28-20-9-14(3-4-19(20)25-22(28)31)13-29-21(30)6-5-18(26-29)15-10-16(23)12-17(24)11-15;/h3-6,9-12H,7-8,13H2,1-2H3,(H,25,31);1H. The lowest BCUT2D eigenvalue weighted by atomic mass is 10.1. The number of nitrogens with zero attached hydrogens (tertiary/aromatic N) is 4. The highest BCUT2D eigenvalue weighted by molar-refractivity contribution is 5.85. The van der Waals surface area contributed by atoms with Crippen LogP contribution in [-0.2, 0) is 13.1 Å². The number of halogens is 3. The van der Waals surface area contributed by atoms with E-state index < -0.39 is 11.6 Å². The number of likely N-dealkylation sites (N-methyl/N-ethyl adjacent to an activating group) is 1. The molecule has 0 unspecified atom stereocenters. The van der Waals surface area contributed by atoms with Gasteiger partial charge in [0.05, 0.1) is 23.3 Å². The second-order valence-electron chi connectivity index (χ2n) is 7.61. The van der Waals surface area contributed by atoms with Crippen molar-refractivity contribution in [3.8, 4) is 11.3 Å². The van der Waals surface area contributed by atoms with Crippen molar-refractivity contribution in [2.45, 2.75) is 13.1 Å². The van der Waals surface area contributed by atoms with Gasteiger partial charge in [0.15, 0.2) is 0 Å². The van der Waals surface area contributed by atoms with E-state index in [2.05, 4.69) is 10.1 Å². The number of hydrogen-bond donors (Lipinski definition) is 1. The predicted octanol–water partition coefficient (Wildman–Crippen LogP) is 2.86. The molecule has 0 fully saturated rings. The second-order valence-corrected chi connectivity index (χ2v) is 7.61. The number of hydrogen-bond acceptors (Lipinski definition) is 4. The first-order valence-corrected chi connectivity index (χ1v) is 9.71. The monoisotopic (exact) mass is 461 g/mol. The minimum Gasteiger partial charge on any atom is -0.308 e. The number of benzene rings is 2. The van der Waals surface area contributed by atoms with E-state index in [0.717, 1.165) is 29.3 Å². The Balaban J connectivity index is 0.00000289. The molecule has 2 heterocycles. The normalized spacial score (nSPS) is 11.2. The Morgan fingerprint density at radius 1 is 1.00 bits per heavy atom. The first-order valence-electron chi connectivity index (χ1n) is 9.71. The molecule has 168 valence electrons. The summed E-state index contributed by atoms with van der Waals surface area (Å²) in [6.07, 6.45) is 0. The third-order valence-corrected chi connectivity index (χ3v) is 4.97. The maximum atomic E-state index is 13.6. The fraction of sp³-hybridized carbons (Fsp3) is 0.227. The summed E-state index contributed by atoms with van der Waals surface area (Å²) in [6, 6.07) is 11.3. The van der Waals surface area contributed by atoms with E-state index in [1.54, 1.807) is 16.7 Å². The summed E-state index contributed by atoms with van der Waals surface area (Å²) in [5.74, 6) is -1.44. The Morgan fingerprint density at radius 2 is 1.72 bits per heavy atom. The van der Waals surface area contributed by atoms with Crippen LogP contribution in [0.3, 0.4) is 0 Å². The Labute approximate surface area is 188 Å². The molecule has 0 radical (unpaired) electrons. The van der Waals surface area contributed by atoms with Gasteiger partial charge in [-0.15, -0.1) is 12.4 Å². The quantitative estimate of drug-likeness (QED) is 0.479. The number of aromatic nitrogens is 4. The molecule has 2 aromatic heterocycles. The molecule has 0 spiro atoms. The van der Waals surface area contributed by atoms with E-state index in [0.29, 0.717) is 18.6 Å². The predicted molar refractivity (Wildman–Crippen MR) is 121 cm³/mol. The zero-order valence-corrected chi connectivity index (χ0v) is 18.3. The molecule has 1 N–H and O–H groups in total. The molecule has 0 bridgehead atoms. The molecule has 0 saturated heterocycles. The maximum Gasteiger partial charge on any atom is 0.326 e. The van der Waals surface area contributed by atoms with Crippen LogP contribution >= 0.6 is 12.4 Å². The van der Waals surface area contributed by atoms with Crippen LogP contribution in [0.5, 0.6) is 0 Å². The number of rotatable bonds is 6. The van der Waals surface area contributed by atoms with Crippen molar-refractivity contribution in [1.82, 2.24) is 24.2 Å². The van der Waals surface area contributed by atoms with Crippen molar-refractivity contribution >= 4 is 23.4 Å². The summed E-state index contributed by atoms with van der Waals surface area (Å²) < 4.78 is 30.0. The average molecular weight is 462 g/mol. The van der Waals surface area contributed by atoms with Crippen LogP contribution in [0.25, 0.3) is 22.3 Å². The number of fused-ring (bicyclic) bond motifs is 1. The zero-order valence-electron chi connectivity index (χ0n) is 17.5. The highest BCUT2D eigenvalue weighted by Gasteiger charge is 2.11. The Morgan fingerprint density at radius 3 is 2.41 bits per heavy atom. The van der Waals surface area contributed by atoms with E-state index >= 15 is 0 Å². The van der Waals surface area contributed by atoms with Gasteiger partial charge in [-0.05, 0) is 50.0 Å². The summed E-state index contributed by atoms with van der Waals surface area (Å²) in [6.45, 7) is 1.37. The van der Waals surface area contributed by atoms with Crippen molar-refractivity contribution in [2.24, 2.45) is 0 Å². The van der Waals surface area contributed by atoms with Crippen molar-refractivity contribution in [2.75, 3.05) is 20.6 Å². The topological polar surface area (TPSA) is 75.9 Å². The number of H-pyrrole nitrogens is 1. The molecule has 0 aliphatic carbocycles. The fourth-order valence-electron chi connectivity index (χ4n) is 3.41. The number of nitrogens with one attached hydrogen (secondary N) is 1. The van der Waals surface area contributed by atoms with Gasteiger partial charge in [-0.1, -0.05) is 6.07 Å². The third kappa shape index (κ3) is 4.95. The largest absolute Gasteiger partial charge is 0.326 e. The van der Waals surface area contributed by atoms with E-state index in [4.69, 9.17) is 0 Å². The molecule has 32 heavy (non-hydrogen) atoms. The summed E-state index contributed by atoms with van der Waals surface area (Å²) in [4.78, 5) is 29.4. The summed E-state index contributed by atoms with van der Waals surface area (Å²) in [5, 5.41) is 4.28. The maximum absolute atomic E-state index is 13.6. The Hall–Kier alpha value is -3.30. The van der Waals surface area contributed by atoms with Gasteiger partial charge in [0.1, 0.15) is 11.6 Å². The molecule has 10 heteroatoms. The fourth-order valence-corrected chi connectivity index (χ4v) is 3.41.